The zero-order chi connectivity index (χ0) is 14.2. The molecule has 1 saturated carbocycles. The highest BCUT2D eigenvalue weighted by atomic mass is 16.1. The predicted molar refractivity (Wildman–Crippen MR) is 84.1 cm³/mol. The van der Waals surface area contributed by atoms with E-state index < -0.39 is 0 Å². The van der Waals surface area contributed by atoms with Crippen molar-refractivity contribution >= 4 is 17.7 Å². The van der Waals surface area contributed by atoms with Gasteiger partial charge in [-0.25, -0.2) is 0 Å². The van der Waals surface area contributed by atoms with Crippen molar-refractivity contribution in [1.82, 2.24) is 5.32 Å². The third kappa shape index (κ3) is 5.08. The molecule has 108 valence electrons. The quantitative estimate of drug-likeness (QED) is 0.653. The summed E-state index contributed by atoms with van der Waals surface area (Å²) in [6.07, 6.45) is 12.0. The van der Waals surface area contributed by atoms with E-state index in [9.17, 15) is 4.79 Å². The van der Waals surface area contributed by atoms with Crippen LogP contribution < -0.4 is 11.1 Å². The van der Waals surface area contributed by atoms with Gasteiger partial charge in [-0.1, -0.05) is 44.2 Å². The van der Waals surface area contributed by atoms with Gasteiger partial charge < -0.3 is 11.1 Å². The Bertz CT molecular complexity index is 460. The highest BCUT2D eigenvalue weighted by molar-refractivity contribution is 5.92. The second-order valence-electron chi connectivity index (χ2n) is 5.55. The summed E-state index contributed by atoms with van der Waals surface area (Å²) >= 11 is 0. The first-order chi connectivity index (χ1) is 9.74. The van der Waals surface area contributed by atoms with Crippen LogP contribution in [-0.2, 0) is 4.79 Å². The monoisotopic (exact) mass is 272 g/mol. The van der Waals surface area contributed by atoms with Crippen molar-refractivity contribution in [3.8, 4) is 0 Å². The van der Waals surface area contributed by atoms with Crippen molar-refractivity contribution < 1.29 is 4.79 Å². The van der Waals surface area contributed by atoms with Crippen molar-refractivity contribution in [2.24, 2.45) is 0 Å². The van der Waals surface area contributed by atoms with Crippen molar-refractivity contribution in [3.63, 3.8) is 0 Å². The zero-order valence-electron chi connectivity index (χ0n) is 12.0. The van der Waals surface area contributed by atoms with Crippen LogP contribution in [0.3, 0.4) is 0 Å². The van der Waals surface area contributed by atoms with Crippen LogP contribution in [0.1, 0.15) is 50.5 Å². The van der Waals surface area contributed by atoms with Gasteiger partial charge in [0.05, 0.1) is 0 Å². The van der Waals surface area contributed by atoms with Crippen molar-refractivity contribution in [3.05, 3.63) is 35.9 Å². The third-order valence-corrected chi connectivity index (χ3v) is 3.79. The summed E-state index contributed by atoms with van der Waals surface area (Å²) in [4.78, 5) is 11.9. The molecular weight excluding hydrogens is 248 g/mol. The molecule has 1 aromatic rings. The highest BCUT2D eigenvalue weighted by Gasteiger charge is 2.12. The first-order valence-electron chi connectivity index (χ1n) is 7.58. The fraction of sp³-hybridized carbons (Fsp3) is 0.471. The molecule has 0 atom stereocenters. The Morgan fingerprint density at radius 2 is 1.85 bits per heavy atom. The lowest BCUT2D eigenvalue weighted by molar-refractivity contribution is -0.117. The van der Waals surface area contributed by atoms with Crippen LogP contribution in [0.5, 0.6) is 0 Å². The zero-order valence-corrected chi connectivity index (χ0v) is 12.0. The van der Waals surface area contributed by atoms with Crippen LogP contribution in [0.15, 0.2) is 30.3 Å². The molecule has 2 rings (SSSR count). The summed E-state index contributed by atoms with van der Waals surface area (Å²) in [6, 6.07) is 7.87. The maximum atomic E-state index is 11.9. The molecule has 20 heavy (non-hydrogen) atoms. The van der Waals surface area contributed by atoms with Gasteiger partial charge in [-0.3, -0.25) is 4.79 Å². The van der Waals surface area contributed by atoms with Crippen molar-refractivity contribution in [2.45, 2.75) is 51.0 Å². The van der Waals surface area contributed by atoms with Crippen LogP contribution in [-0.4, -0.2) is 11.9 Å². The minimum Gasteiger partial charge on any atom is -0.399 e. The van der Waals surface area contributed by atoms with Crippen molar-refractivity contribution in [2.75, 3.05) is 5.73 Å². The van der Waals surface area contributed by atoms with E-state index in [-0.39, 0.29) is 5.91 Å². The van der Waals surface area contributed by atoms with E-state index in [1.165, 1.54) is 32.1 Å². The predicted octanol–water partition coefficient (Wildman–Crippen LogP) is 3.51. The van der Waals surface area contributed by atoms with Crippen LogP contribution in [0.2, 0.25) is 0 Å². The molecular formula is C17H24N2O. The smallest absolute Gasteiger partial charge is 0.244 e. The van der Waals surface area contributed by atoms with Gasteiger partial charge >= 0.3 is 0 Å². The lowest BCUT2D eigenvalue weighted by atomic mass is 9.97. The Hall–Kier alpha value is -1.77. The van der Waals surface area contributed by atoms with Gasteiger partial charge in [0, 0.05) is 17.8 Å². The number of hydrogen-bond acceptors (Lipinski definition) is 2. The van der Waals surface area contributed by atoms with Gasteiger partial charge in [0.25, 0.3) is 0 Å². The number of rotatable bonds is 3. The molecule has 3 nitrogen and oxygen atoms in total. The second-order valence-corrected chi connectivity index (χ2v) is 5.55. The SMILES string of the molecule is Nc1cccc(/C=C/C(=O)NC2CCCCCCC2)c1. The minimum absolute atomic E-state index is 0.00185. The summed E-state index contributed by atoms with van der Waals surface area (Å²) in [6.45, 7) is 0. The molecule has 0 spiro atoms. The lowest BCUT2D eigenvalue weighted by Gasteiger charge is -2.20. The number of nitrogens with two attached hydrogens (primary N) is 1. The molecule has 0 heterocycles. The highest BCUT2D eigenvalue weighted by Crippen LogP contribution is 2.17. The van der Waals surface area contributed by atoms with E-state index in [1.807, 2.05) is 30.3 Å². The molecule has 0 aromatic heterocycles. The fourth-order valence-corrected chi connectivity index (χ4v) is 2.68. The van der Waals surface area contributed by atoms with Gasteiger partial charge in [0.15, 0.2) is 0 Å². The number of benzene rings is 1. The normalized spacial score (nSPS) is 17.6. The van der Waals surface area contributed by atoms with E-state index in [4.69, 9.17) is 5.73 Å². The summed E-state index contributed by atoms with van der Waals surface area (Å²) in [5, 5.41) is 3.11. The molecule has 3 heteroatoms. The van der Waals surface area contributed by atoms with Gasteiger partial charge in [0.2, 0.25) is 5.91 Å². The van der Waals surface area contributed by atoms with Crippen LogP contribution in [0.25, 0.3) is 6.08 Å². The number of carbonyl (C=O) groups excluding carboxylic acids is 1. The first-order valence-corrected chi connectivity index (χ1v) is 7.58. The van der Waals surface area contributed by atoms with Gasteiger partial charge in [-0.15, -0.1) is 0 Å². The number of carbonyl (C=O) groups is 1. The molecule has 0 bridgehead atoms. The molecule has 1 fully saturated rings. The Morgan fingerprint density at radius 3 is 2.55 bits per heavy atom. The van der Waals surface area contributed by atoms with E-state index >= 15 is 0 Å². The van der Waals surface area contributed by atoms with Gasteiger partial charge in [-0.05, 0) is 36.6 Å². The lowest BCUT2D eigenvalue weighted by Crippen LogP contribution is -2.34. The van der Waals surface area contributed by atoms with E-state index in [0.717, 1.165) is 18.4 Å². The number of anilines is 1. The van der Waals surface area contributed by atoms with Crippen LogP contribution in [0.4, 0.5) is 5.69 Å². The van der Waals surface area contributed by atoms with Crippen LogP contribution in [0, 0.1) is 0 Å². The number of nitrogen functional groups attached to an aromatic ring is 1. The van der Waals surface area contributed by atoms with Gasteiger partial charge in [0.1, 0.15) is 0 Å². The van der Waals surface area contributed by atoms with Gasteiger partial charge in [-0.2, -0.15) is 0 Å². The Balaban J connectivity index is 1.84. The summed E-state index contributed by atoms with van der Waals surface area (Å²) in [5.74, 6) is -0.00185. The van der Waals surface area contributed by atoms with Crippen molar-refractivity contribution in [1.29, 1.82) is 0 Å². The molecule has 1 aliphatic carbocycles. The molecule has 1 aliphatic rings. The average molecular weight is 272 g/mol. The molecule has 1 aromatic carbocycles. The fourth-order valence-electron chi connectivity index (χ4n) is 2.68. The Kier molecular flexibility index (Phi) is 5.66. The number of amides is 1. The summed E-state index contributed by atoms with van der Waals surface area (Å²) in [7, 11) is 0. The molecule has 0 unspecified atom stereocenters. The van der Waals surface area contributed by atoms with E-state index in [1.54, 1.807) is 6.08 Å². The Labute approximate surface area is 121 Å². The number of hydrogen-bond donors (Lipinski definition) is 2. The second kappa shape index (κ2) is 7.73. The topological polar surface area (TPSA) is 55.1 Å². The summed E-state index contributed by atoms with van der Waals surface area (Å²) < 4.78 is 0. The molecule has 0 radical (unpaired) electrons. The standard InChI is InChI=1S/C17H24N2O/c18-15-8-6-7-14(13-15)11-12-17(20)19-16-9-4-2-1-3-5-10-16/h6-8,11-13,16H,1-5,9-10,18H2,(H,19,20)/b12-11+. The molecule has 3 N–H and O–H groups in total. The largest absolute Gasteiger partial charge is 0.399 e. The van der Waals surface area contributed by atoms with Crippen LogP contribution >= 0.6 is 0 Å². The third-order valence-electron chi connectivity index (χ3n) is 3.79. The number of nitrogens with one attached hydrogen (secondary N) is 1. The molecule has 0 saturated heterocycles. The summed E-state index contributed by atoms with van der Waals surface area (Å²) in [5.41, 5.74) is 7.38. The van der Waals surface area contributed by atoms with E-state index in [2.05, 4.69) is 5.32 Å². The first kappa shape index (κ1) is 14.6. The van der Waals surface area contributed by atoms with E-state index in [0.29, 0.717) is 11.7 Å². The molecule has 0 aliphatic heterocycles. The molecule has 1 amide bonds. The average Bonchev–Trinajstić information content (AvgIpc) is 2.39. The maximum Gasteiger partial charge on any atom is 0.244 e. The minimum atomic E-state index is -0.00185. The Morgan fingerprint density at radius 1 is 1.15 bits per heavy atom. The maximum absolute atomic E-state index is 11.9.